The van der Waals surface area contributed by atoms with Gasteiger partial charge in [0.05, 0.1) is 19.0 Å². The molecule has 3 rings (SSSR count). The number of aromatic amines is 1. The molecular weight excluding hydrogens is 320 g/mol. The van der Waals surface area contributed by atoms with E-state index in [2.05, 4.69) is 20.4 Å². The highest BCUT2D eigenvalue weighted by atomic mass is 16.5. The molecule has 0 spiro atoms. The van der Waals surface area contributed by atoms with E-state index in [1.165, 1.54) is 6.07 Å². The van der Waals surface area contributed by atoms with Crippen LogP contribution in [0.25, 0.3) is 0 Å². The van der Waals surface area contributed by atoms with Gasteiger partial charge in [-0.2, -0.15) is 5.10 Å². The quantitative estimate of drug-likeness (QED) is 0.855. The number of methoxy groups -OCH3 is 1. The Labute approximate surface area is 146 Å². The first kappa shape index (κ1) is 17.0. The number of H-pyrrole nitrogens is 1. The number of amides is 1. The molecule has 0 atom stereocenters. The van der Waals surface area contributed by atoms with E-state index in [1.807, 2.05) is 24.3 Å². The average molecular weight is 342 g/mol. The van der Waals surface area contributed by atoms with Gasteiger partial charge in [0.25, 0.3) is 5.56 Å². The van der Waals surface area contributed by atoms with Crippen molar-refractivity contribution in [2.24, 2.45) is 5.92 Å². The standard InChI is InChI=1S/C18H22N4O3/c1-25-16-5-3-2-4-14(16)11-19-18(24)13-6-8-22(9-7-13)15-10-17(23)21-20-12-15/h2-5,10,12-13H,6-9,11H2,1H3,(H,19,24)(H,21,23). The number of hydrogen-bond donors (Lipinski definition) is 2. The molecule has 2 N–H and O–H groups in total. The van der Waals surface area contributed by atoms with Gasteiger partial charge in [-0.3, -0.25) is 9.59 Å². The van der Waals surface area contributed by atoms with E-state index in [-0.39, 0.29) is 17.4 Å². The van der Waals surface area contributed by atoms with E-state index in [0.29, 0.717) is 6.54 Å². The number of aromatic nitrogens is 2. The Morgan fingerprint density at radius 3 is 2.84 bits per heavy atom. The van der Waals surface area contributed by atoms with Crippen LogP contribution < -0.4 is 20.5 Å². The van der Waals surface area contributed by atoms with Crippen LogP contribution >= 0.6 is 0 Å². The van der Waals surface area contributed by atoms with E-state index < -0.39 is 0 Å². The molecule has 1 aromatic carbocycles. The second kappa shape index (κ2) is 7.83. The number of carbonyl (C=O) groups is 1. The molecule has 7 nitrogen and oxygen atoms in total. The molecule has 0 bridgehead atoms. The number of anilines is 1. The molecular formula is C18H22N4O3. The molecule has 1 amide bonds. The van der Waals surface area contributed by atoms with Crippen molar-refractivity contribution in [1.82, 2.24) is 15.5 Å². The third-order valence-corrected chi connectivity index (χ3v) is 4.53. The first-order valence-corrected chi connectivity index (χ1v) is 8.36. The molecule has 25 heavy (non-hydrogen) atoms. The van der Waals surface area contributed by atoms with Crippen LogP contribution in [0.2, 0.25) is 0 Å². The fourth-order valence-corrected chi connectivity index (χ4v) is 3.11. The summed E-state index contributed by atoms with van der Waals surface area (Å²) in [5.41, 5.74) is 1.55. The van der Waals surface area contributed by atoms with Crippen molar-refractivity contribution in [3.8, 4) is 5.75 Å². The maximum atomic E-state index is 12.4. The molecule has 1 aromatic heterocycles. The molecule has 0 saturated carbocycles. The summed E-state index contributed by atoms with van der Waals surface area (Å²) in [5, 5.41) is 9.20. The molecule has 0 aliphatic carbocycles. The maximum absolute atomic E-state index is 12.4. The van der Waals surface area contributed by atoms with E-state index in [1.54, 1.807) is 13.3 Å². The molecule has 132 valence electrons. The van der Waals surface area contributed by atoms with Crippen LogP contribution in [0.1, 0.15) is 18.4 Å². The van der Waals surface area contributed by atoms with Crippen molar-refractivity contribution in [2.75, 3.05) is 25.1 Å². The molecule has 0 radical (unpaired) electrons. The molecule has 1 fully saturated rings. The number of rotatable bonds is 5. The Bertz CT molecular complexity index is 782. The fraction of sp³-hybridized carbons (Fsp3) is 0.389. The van der Waals surface area contributed by atoms with Gasteiger partial charge in [-0.15, -0.1) is 0 Å². The number of benzene rings is 1. The van der Waals surface area contributed by atoms with Gasteiger partial charge in [0.1, 0.15) is 5.75 Å². The number of para-hydroxylation sites is 1. The van der Waals surface area contributed by atoms with Gasteiger partial charge in [0.15, 0.2) is 0 Å². The lowest BCUT2D eigenvalue weighted by molar-refractivity contribution is -0.125. The van der Waals surface area contributed by atoms with Crippen molar-refractivity contribution in [3.63, 3.8) is 0 Å². The number of carbonyl (C=O) groups excluding carboxylic acids is 1. The lowest BCUT2D eigenvalue weighted by Crippen LogP contribution is -2.40. The first-order chi connectivity index (χ1) is 12.2. The van der Waals surface area contributed by atoms with Gasteiger partial charge in [-0.05, 0) is 18.9 Å². The summed E-state index contributed by atoms with van der Waals surface area (Å²) >= 11 is 0. The molecule has 1 aliphatic rings. The first-order valence-electron chi connectivity index (χ1n) is 8.36. The Morgan fingerprint density at radius 1 is 1.36 bits per heavy atom. The lowest BCUT2D eigenvalue weighted by atomic mass is 9.95. The zero-order chi connectivity index (χ0) is 17.6. The highest BCUT2D eigenvalue weighted by Crippen LogP contribution is 2.22. The van der Waals surface area contributed by atoms with Crippen molar-refractivity contribution < 1.29 is 9.53 Å². The van der Waals surface area contributed by atoms with Gasteiger partial charge in [0.2, 0.25) is 5.91 Å². The largest absolute Gasteiger partial charge is 0.496 e. The van der Waals surface area contributed by atoms with Gasteiger partial charge in [0, 0.05) is 37.2 Å². The number of piperidine rings is 1. The van der Waals surface area contributed by atoms with Crippen molar-refractivity contribution >= 4 is 11.6 Å². The Morgan fingerprint density at radius 2 is 2.12 bits per heavy atom. The third-order valence-electron chi connectivity index (χ3n) is 4.53. The second-order valence-corrected chi connectivity index (χ2v) is 6.09. The maximum Gasteiger partial charge on any atom is 0.266 e. The van der Waals surface area contributed by atoms with E-state index in [0.717, 1.165) is 42.9 Å². The fourth-order valence-electron chi connectivity index (χ4n) is 3.11. The summed E-state index contributed by atoms with van der Waals surface area (Å²) in [6.45, 7) is 1.93. The predicted molar refractivity (Wildman–Crippen MR) is 94.6 cm³/mol. The smallest absolute Gasteiger partial charge is 0.266 e. The number of ether oxygens (including phenoxy) is 1. The second-order valence-electron chi connectivity index (χ2n) is 6.09. The van der Waals surface area contributed by atoms with Crippen LogP contribution in [-0.2, 0) is 11.3 Å². The molecule has 1 saturated heterocycles. The van der Waals surface area contributed by atoms with E-state index >= 15 is 0 Å². The van der Waals surface area contributed by atoms with Crippen molar-refractivity contribution in [1.29, 1.82) is 0 Å². The summed E-state index contributed by atoms with van der Waals surface area (Å²) in [7, 11) is 1.62. The van der Waals surface area contributed by atoms with Crippen LogP contribution in [0, 0.1) is 5.92 Å². The van der Waals surface area contributed by atoms with Crippen molar-refractivity contribution in [2.45, 2.75) is 19.4 Å². The monoisotopic (exact) mass is 342 g/mol. The van der Waals surface area contributed by atoms with Crippen LogP contribution in [0.3, 0.4) is 0 Å². The molecule has 0 unspecified atom stereocenters. The minimum atomic E-state index is -0.214. The zero-order valence-electron chi connectivity index (χ0n) is 14.2. The Hall–Kier alpha value is -2.83. The molecule has 1 aliphatic heterocycles. The Balaban J connectivity index is 1.52. The summed E-state index contributed by atoms with van der Waals surface area (Å²) in [6.07, 6.45) is 3.15. The topological polar surface area (TPSA) is 87.3 Å². The van der Waals surface area contributed by atoms with Gasteiger partial charge in [-0.25, -0.2) is 5.10 Å². The van der Waals surface area contributed by atoms with Gasteiger partial charge >= 0.3 is 0 Å². The zero-order valence-corrected chi connectivity index (χ0v) is 14.2. The predicted octanol–water partition coefficient (Wildman–Crippen LogP) is 1.31. The number of nitrogens with one attached hydrogen (secondary N) is 2. The summed E-state index contributed by atoms with van der Waals surface area (Å²) in [5.74, 6) is 0.829. The van der Waals surface area contributed by atoms with E-state index in [9.17, 15) is 9.59 Å². The number of hydrogen-bond acceptors (Lipinski definition) is 5. The molecule has 2 heterocycles. The summed E-state index contributed by atoms with van der Waals surface area (Å²) in [4.78, 5) is 25.9. The average Bonchev–Trinajstić information content (AvgIpc) is 2.66. The van der Waals surface area contributed by atoms with Crippen LogP contribution in [0.4, 0.5) is 5.69 Å². The number of nitrogens with zero attached hydrogens (tertiary/aromatic N) is 2. The highest BCUT2D eigenvalue weighted by molar-refractivity contribution is 5.79. The van der Waals surface area contributed by atoms with E-state index in [4.69, 9.17) is 4.74 Å². The highest BCUT2D eigenvalue weighted by Gasteiger charge is 2.25. The normalized spacial score (nSPS) is 15.0. The van der Waals surface area contributed by atoms with Crippen LogP contribution in [-0.4, -0.2) is 36.3 Å². The lowest BCUT2D eigenvalue weighted by Gasteiger charge is -2.32. The van der Waals surface area contributed by atoms with Gasteiger partial charge < -0.3 is 15.0 Å². The SMILES string of the molecule is COc1ccccc1CNC(=O)C1CCN(c2cn[nH]c(=O)c2)CC1. The van der Waals surface area contributed by atoms with Crippen molar-refractivity contribution in [3.05, 3.63) is 52.4 Å². The minimum Gasteiger partial charge on any atom is -0.496 e. The molecule has 2 aromatic rings. The van der Waals surface area contributed by atoms with Crippen LogP contribution in [0.15, 0.2) is 41.3 Å². The van der Waals surface area contributed by atoms with Gasteiger partial charge in [-0.1, -0.05) is 18.2 Å². The summed E-state index contributed by atoms with van der Waals surface area (Å²) in [6, 6.07) is 9.20. The molecule has 7 heteroatoms. The van der Waals surface area contributed by atoms with Crippen LogP contribution in [0.5, 0.6) is 5.75 Å². The third kappa shape index (κ3) is 4.17. The Kier molecular flexibility index (Phi) is 5.33. The summed E-state index contributed by atoms with van der Waals surface area (Å²) < 4.78 is 5.30. The minimum absolute atomic E-state index is 0.0130.